The second-order valence-electron chi connectivity index (χ2n) is 4.98. The van der Waals surface area contributed by atoms with E-state index < -0.39 is 0 Å². The molecule has 0 aliphatic carbocycles. The first-order valence-corrected chi connectivity index (χ1v) is 8.89. The van der Waals surface area contributed by atoms with Gasteiger partial charge < -0.3 is 15.2 Å². The van der Waals surface area contributed by atoms with Gasteiger partial charge in [-0.3, -0.25) is 4.79 Å². The van der Waals surface area contributed by atoms with E-state index in [-0.39, 0.29) is 18.3 Å². The minimum absolute atomic E-state index is 0. The molecule has 0 saturated carbocycles. The minimum Gasteiger partial charge on any atom is -0.355 e. The fourth-order valence-electron chi connectivity index (χ4n) is 1.97. The van der Waals surface area contributed by atoms with Crippen molar-refractivity contribution >= 4 is 41.4 Å². The van der Waals surface area contributed by atoms with Crippen molar-refractivity contribution in [2.24, 2.45) is 5.92 Å². The zero-order valence-electron chi connectivity index (χ0n) is 11.9. The fourth-order valence-corrected chi connectivity index (χ4v) is 3.37. The number of carbonyl (C=O) groups excluding carboxylic acids is 1. The topological polar surface area (TPSA) is 67.2 Å². The van der Waals surface area contributed by atoms with Crippen LogP contribution in [0.3, 0.4) is 0 Å². The van der Waals surface area contributed by atoms with E-state index in [0.717, 1.165) is 36.0 Å². The van der Waals surface area contributed by atoms with Crippen LogP contribution in [0, 0.1) is 5.92 Å². The van der Waals surface area contributed by atoms with Crippen molar-refractivity contribution in [1.82, 2.24) is 15.8 Å². The quantitative estimate of drug-likeness (QED) is 0.794. The minimum atomic E-state index is 0. The molecular weight excluding hydrogens is 342 g/mol. The summed E-state index contributed by atoms with van der Waals surface area (Å²) in [4.78, 5) is 12.7. The van der Waals surface area contributed by atoms with Gasteiger partial charge in [-0.1, -0.05) is 11.2 Å². The molecule has 0 unspecified atom stereocenters. The summed E-state index contributed by atoms with van der Waals surface area (Å²) in [5.41, 5.74) is 0.874. The van der Waals surface area contributed by atoms with E-state index in [1.807, 2.05) is 23.6 Å². The number of hydrogen-bond donors (Lipinski definition) is 2. The van der Waals surface area contributed by atoms with Gasteiger partial charge in [0.15, 0.2) is 5.76 Å². The van der Waals surface area contributed by atoms with Crippen LogP contribution in [0.2, 0.25) is 0 Å². The summed E-state index contributed by atoms with van der Waals surface area (Å²) >= 11 is 3.18. The van der Waals surface area contributed by atoms with E-state index in [9.17, 15) is 4.79 Å². The SMILES string of the molecule is Cl.O=C(CSCc1cc(-c2cccs2)on1)NCC1CNC1. The Hall–Kier alpha value is -1.02. The molecule has 2 N–H and O–H groups in total. The maximum absolute atomic E-state index is 11.7. The highest BCUT2D eigenvalue weighted by atomic mass is 35.5. The summed E-state index contributed by atoms with van der Waals surface area (Å²) in [7, 11) is 0. The monoisotopic (exact) mass is 359 g/mol. The summed E-state index contributed by atoms with van der Waals surface area (Å²) in [6, 6.07) is 5.93. The van der Waals surface area contributed by atoms with Crippen molar-refractivity contribution in [3.05, 3.63) is 29.3 Å². The Morgan fingerprint density at radius 3 is 3.09 bits per heavy atom. The molecule has 1 fully saturated rings. The van der Waals surface area contributed by atoms with Crippen LogP contribution in [-0.2, 0) is 10.5 Å². The Balaban J connectivity index is 0.00000176. The van der Waals surface area contributed by atoms with Gasteiger partial charge in [-0.15, -0.1) is 35.5 Å². The predicted molar refractivity (Wildman–Crippen MR) is 92.6 cm³/mol. The lowest BCUT2D eigenvalue weighted by atomic mass is 10.0. The summed E-state index contributed by atoms with van der Waals surface area (Å²) in [6.45, 7) is 2.80. The number of rotatable bonds is 7. The van der Waals surface area contributed by atoms with Crippen LogP contribution in [0.15, 0.2) is 28.1 Å². The summed E-state index contributed by atoms with van der Waals surface area (Å²) in [5, 5.41) is 12.2. The zero-order valence-corrected chi connectivity index (χ0v) is 14.4. The van der Waals surface area contributed by atoms with Crippen molar-refractivity contribution in [1.29, 1.82) is 0 Å². The van der Waals surface area contributed by atoms with Crippen LogP contribution in [-0.4, -0.2) is 36.5 Å². The van der Waals surface area contributed by atoms with Crippen molar-refractivity contribution in [2.75, 3.05) is 25.4 Å². The third-order valence-electron chi connectivity index (χ3n) is 3.26. The van der Waals surface area contributed by atoms with Gasteiger partial charge >= 0.3 is 0 Å². The van der Waals surface area contributed by atoms with Crippen molar-refractivity contribution in [3.8, 4) is 10.6 Å². The Bertz CT molecular complexity index is 585. The first-order valence-electron chi connectivity index (χ1n) is 6.86. The molecule has 1 aliphatic rings. The maximum Gasteiger partial charge on any atom is 0.230 e. The Morgan fingerprint density at radius 2 is 2.41 bits per heavy atom. The summed E-state index contributed by atoms with van der Waals surface area (Å²) in [6.07, 6.45) is 0. The third kappa shape index (κ3) is 4.74. The van der Waals surface area contributed by atoms with Crippen LogP contribution in [0.4, 0.5) is 0 Å². The van der Waals surface area contributed by atoms with Crippen LogP contribution in [0.5, 0.6) is 0 Å². The van der Waals surface area contributed by atoms with E-state index >= 15 is 0 Å². The van der Waals surface area contributed by atoms with Gasteiger partial charge in [0.25, 0.3) is 0 Å². The third-order valence-corrected chi connectivity index (χ3v) is 5.11. The first kappa shape index (κ1) is 17.3. The zero-order chi connectivity index (χ0) is 14.5. The van der Waals surface area contributed by atoms with Crippen molar-refractivity contribution in [2.45, 2.75) is 5.75 Å². The fraction of sp³-hybridized carbons (Fsp3) is 0.429. The second-order valence-corrected chi connectivity index (χ2v) is 6.91. The lowest BCUT2D eigenvalue weighted by molar-refractivity contribution is -0.118. The Morgan fingerprint density at radius 1 is 1.55 bits per heavy atom. The van der Waals surface area contributed by atoms with Gasteiger partial charge in [0.05, 0.1) is 16.3 Å². The van der Waals surface area contributed by atoms with Gasteiger partial charge in [0.1, 0.15) is 0 Å². The number of thiophene rings is 1. The number of hydrogen-bond acceptors (Lipinski definition) is 6. The van der Waals surface area contributed by atoms with Crippen LogP contribution < -0.4 is 10.6 Å². The number of nitrogens with zero attached hydrogens (tertiary/aromatic N) is 1. The molecule has 8 heteroatoms. The number of carbonyl (C=O) groups is 1. The molecule has 120 valence electrons. The van der Waals surface area contributed by atoms with Crippen LogP contribution in [0.25, 0.3) is 10.6 Å². The van der Waals surface area contributed by atoms with E-state index in [1.165, 1.54) is 0 Å². The molecule has 3 heterocycles. The molecule has 0 spiro atoms. The number of nitrogens with one attached hydrogen (secondary N) is 2. The number of halogens is 1. The lowest BCUT2D eigenvalue weighted by Gasteiger charge is -2.27. The second kappa shape index (κ2) is 8.57. The lowest BCUT2D eigenvalue weighted by Crippen LogP contribution is -2.48. The molecule has 0 atom stereocenters. The molecule has 0 aromatic carbocycles. The molecule has 0 bridgehead atoms. The van der Waals surface area contributed by atoms with Gasteiger partial charge in [0, 0.05) is 37.4 Å². The summed E-state index contributed by atoms with van der Waals surface area (Å²) in [5.74, 6) is 2.63. The summed E-state index contributed by atoms with van der Waals surface area (Å²) < 4.78 is 5.31. The van der Waals surface area contributed by atoms with Gasteiger partial charge in [-0.05, 0) is 11.4 Å². The molecule has 5 nitrogen and oxygen atoms in total. The average molecular weight is 360 g/mol. The van der Waals surface area contributed by atoms with E-state index in [1.54, 1.807) is 23.1 Å². The molecule has 3 rings (SSSR count). The van der Waals surface area contributed by atoms with Gasteiger partial charge in [-0.2, -0.15) is 0 Å². The smallest absolute Gasteiger partial charge is 0.230 e. The molecule has 1 amide bonds. The molecular formula is C14H18ClN3O2S2. The molecule has 22 heavy (non-hydrogen) atoms. The van der Waals surface area contributed by atoms with E-state index in [2.05, 4.69) is 15.8 Å². The molecule has 2 aromatic rings. The van der Waals surface area contributed by atoms with E-state index in [4.69, 9.17) is 4.52 Å². The number of amides is 1. The largest absolute Gasteiger partial charge is 0.355 e. The number of thioether (sulfide) groups is 1. The van der Waals surface area contributed by atoms with E-state index in [0.29, 0.717) is 17.4 Å². The predicted octanol–water partition coefficient (Wildman–Crippen LogP) is 2.39. The molecule has 2 aromatic heterocycles. The highest BCUT2D eigenvalue weighted by Crippen LogP contribution is 2.26. The first-order chi connectivity index (χ1) is 10.3. The average Bonchev–Trinajstić information content (AvgIpc) is 3.07. The Labute approximate surface area is 143 Å². The standard InChI is InChI=1S/C14H17N3O2S2.ClH/c18-14(16-7-10-5-15-6-10)9-20-8-11-4-12(19-17-11)13-2-1-3-21-13;/h1-4,10,15H,5-9H2,(H,16,18);1H. The number of aromatic nitrogens is 1. The molecule has 0 radical (unpaired) electrons. The van der Waals surface area contributed by atoms with Gasteiger partial charge in [0.2, 0.25) is 5.91 Å². The molecule has 1 saturated heterocycles. The van der Waals surface area contributed by atoms with Crippen molar-refractivity contribution in [3.63, 3.8) is 0 Å². The Kier molecular flexibility index (Phi) is 6.75. The van der Waals surface area contributed by atoms with Gasteiger partial charge in [-0.25, -0.2) is 0 Å². The molecule has 1 aliphatic heterocycles. The van der Waals surface area contributed by atoms with Crippen LogP contribution >= 0.6 is 35.5 Å². The maximum atomic E-state index is 11.7. The highest BCUT2D eigenvalue weighted by Gasteiger charge is 2.17. The highest BCUT2D eigenvalue weighted by molar-refractivity contribution is 7.99. The van der Waals surface area contributed by atoms with Crippen LogP contribution in [0.1, 0.15) is 5.69 Å². The van der Waals surface area contributed by atoms with Crippen molar-refractivity contribution < 1.29 is 9.32 Å². The normalized spacial score (nSPS) is 14.2.